The molecule has 1 atom stereocenters. The molecule has 2 rings (SSSR count). The third-order valence-corrected chi connectivity index (χ3v) is 4.00. The Morgan fingerprint density at radius 1 is 1.19 bits per heavy atom. The van der Waals surface area contributed by atoms with E-state index in [9.17, 15) is 9.90 Å². The Hall–Kier alpha value is -1.49. The van der Waals surface area contributed by atoms with E-state index >= 15 is 0 Å². The highest BCUT2D eigenvalue weighted by atomic mass is 35.5. The lowest BCUT2D eigenvalue weighted by Crippen LogP contribution is -2.15. The number of amides is 1. The normalized spacial score (nSPS) is 12.0. The van der Waals surface area contributed by atoms with E-state index in [1.165, 1.54) is 0 Å². The fraction of sp³-hybridized carbons (Fsp3) is 0.188. The fourth-order valence-electron chi connectivity index (χ4n) is 1.86. The minimum Gasteiger partial charge on any atom is -0.388 e. The number of benzene rings is 2. The van der Waals surface area contributed by atoms with Gasteiger partial charge in [-0.2, -0.15) is 0 Å². The van der Waals surface area contributed by atoms with Crippen molar-refractivity contribution in [1.29, 1.82) is 0 Å². The number of halogens is 1. The van der Waals surface area contributed by atoms with Crippen LogP contribution in [0.25, 0.3) is 0 Å². The summed E-state index contributed by atoms with van der Waals surface area (Å²) in [6, 6.07) is 14.4. The van der Waals surface area contributed by atoms with Crippen LogP contribution < -0.4 is 5.32 Å². The summed E-state index contributed by atoms with van der Waals surface area (Å²) in [4.78, 5) is 13.0. The van der Waals surface area contributed by atoms with Crippen LogP contribution in [0.2, 0.25) is 5.02 Å². The van der Waals surface area contributed by atoms with Crippen molar-refractivity contribution in [3.05, 3.63) is 59.1 Å². The van der Waals surface area contributed by atoms with Gasteiger partial charge in [0.05, 0.1) is 12.5 Å². The van der Waals surface area contributed by atoms with Crippen LogP contribution >= 0.6 is 23.4 Å². The van der Waals surface area contributed by atoms with Gasteiger partial charge in [-0.1, -0.05) is 23.7 Å². The predicted octanol–water partition coefficient (Wildman–Crippen LogP) is 4.12. The van der Waals surface area contributed by atoms with E-state index in [-0.39, 0.29) is 12.3 Å². The van der Waals surface area contributed by atoms with E-state index < -0.39 is 6.10 Å². The molecule has 0 aromatic heterocycles. The maximum atomic E-state index is 11.9. The third kappa shape index (κ3) is 4.77. The molecule has 0 bridgehead atoms. The molecule has 2 aromatic rings. The number of rotatable bonds is 5. The highest BCUT2D eigenvalue weighted by Gasteiger charge is 2.13. The Labute approximate surface area is 133 Å². The average Bonchev–Trinajstić information content (AvgIpc) is 2.48. The SMILES string of the molecule is CSc1ccc(NC(=O)CC(O)c2ccc(Cl)cc2)cc1. The highest BCUT2D eigenvalue weighted by Crippen LogP contribution is 2.21. The second kappa shape index (κ2) is 7.50. The maximum Gasteiger partial charge on any atom is 0.227 e. The summed E-state index contributed by atoms with van der Waals surface area (Å²) in [6.45, 7) is 0. The first kappa shape index (κ1) is 15.9. The molecule has 0 radical (unpaired) electrons. The quantitative estimate of drug-likeness (QED) is 0.814. The van der Waals surface area contributed by atoms with Crippen molar-refractivity contribution in [1.82, 2.24) is 0 Å². The molecule has 2 aromatic carbocycles. The average molecular weight is 322 g/mol. The number of thioether (sulfide) groups is 1. The zero-order valence-electron chi connectivity index (χ0n) is 11.5. The van der Waals surface area contributed by atoms with E-state index in [2.05, 4.69) is 5.32 Å². The minimum atomic E-state index is -0.840. The van der Waals surface area contributed by atoms with Gasteiger partial charge in [0.25, 0.3) is 0 Å². The molecular formula is C16H16ClNO2S. The van der Waals surface area contributed by atoms with Crippen molar-refractivity contribution in [2.45, 2.75) is 17.4 Å². The molecule has 1 unspecified atom stereocenters. The molecule has 0 aliphatic carbocycles. The molecule has 0 saturated heterocycles. The molecule has 0 aliphatic heterocycles. The van der Waals surface area contributed by atoms with Gasteiger partial charge in [0.15, 0.2) is 0 Å². The number of carbonyl (C=O) groups excluding carboxylic acids is 1. The number of carbonyl (C=O) groups is 1. The molecular weight excluding hydrogens is 306 g/mol. The molecule has 21 heavy (non-hydrogen) atoms. The zero-order valence-corrected chi connectivity index (χ0v) is 13.1. The number of aliphatic hydroxyl groups excluding tert-OH is 1. The fourth-order valence-corrected chi connectivity index (χ4v) is 2.40. The van der Waals surface area contributed by atoms with Gasteiger partial charge in [-0.05, 0) is 48.2 Å². The standard InChI is InChI=1S/C16H16ClNO2S/c1-21-14-8-6-13(7-9-14)18-16(20)10-15(19)11-2-4-12(17)5-3-11/h2-9,15,19H,10H2,1H3,(H,18,20). The molecule has 0 fully saturated rings. The summed E-state index contributed by atoms with van der Waals surface area (Å²) in [5.74, 6) is -0.227. The predicted molar refractivity (Wildman–Crippen MR) is 87.9 cm³/mol. The molecule has 0 spiro atoms. The second-order valence-corrected chi connectivity index (χ2v) is 5.86. The zero-order chi connectivity index (χ0) is 15.2. The molecule has 2 N–H and O–H groups in total. The van der Waals surface area contributed by atoms with Crippen molar-refractivity contribution >= 4 is 35.0 Å². The summed E-state index contributed by atoms with van der Waals surface area (Å²) in [5, 5.41) is 13.4. The van der Waals surface area contributed by atoms with Crippen molar-refractivity contribution in [2.75, 3.05) is 11.6 Å². The smallest absolute Gasteiger partial charge is 0.227 e. The van der Waals surface area contributed by atoms with E-state index in [1.807, 2.05) is 30.5 Å². The van der Waals surface area contributed by atoms with Gasteiger partial charge in [-0.15, -0.1) is 11.8 Å². The minimum absolute atomic E-state index is 0.00586. The Balaban J connectivity index is 1.92. The Kier molecular flexibility index (Phi) is 5.67. The summed E-state index contributed by atoms with van der Waals surface area (Å²) in [7, 11) is 0. The molecule has 0 aliphatic rings. The van der Waals surface area contributed by atoms with E-state index in [4.69, 9.17) is 11.6 Å². The summed E-state index contributed by atoms with van der Waals surface area (Å²) < 4.78 is 0. The van der Waals surface area contributed by atoms with E-state index in [0.29, 0.717) is 10.6 Å². The first-order valence-corrected chi connectivity index (χ1v) is 8.06. The summed E-state index contributed by atoms with van der Waals surface area (Å²) in [5.41, 5.74) is 1.40. The molecule has 0 saturated carbocycles. The second-order valence-electron chi connectivity index (χ2n) is 4.55. The monoisotopic (exact) mass is 321 g/mol. The third-order valence-electron chi connectivity index (χ3n) is 3.01. The molecule has 0 heterocycles. The van der Waals surface area contributed by atoms with E-state index in [1.54, 1.807) is 36.0 Å². The Morgan fingerprint density at radius 2 is 1.81 bits per heavy atom. The number of hydrogen-bond donors (Lipinski definition) is 2. The van der Waals surface area contributed by atoms with Crippen molar-refractivity contribution in [3.63, 3.8) is 0 Å². The van der Waals surface area contributed by atoms with Crippen LogP contribution in [0.15, 0.2) is 53.4 Å². The van der Waals surface area contributed by atoms with Crippen molar-refractivity contribution < 1.29 is 9.90 Å². The van der Waals surface area contributed by atoms with Crippen LogP contribution in [0.4, 0.5) is 5.69 Å². The van der Waals surface area contributed by atoms with Crippen LogP contribution in [0, 0.1) is 0 Å². The lowest BCUT2D eigenvalue weighted by Gasteiger charge is -2.11. The van der Waals surface area contributed by atoms with Crippen LogP contribution in [0.1, 0.15) is 18.1 Å². The Morgan fingerprint density at radius 3 is 2.38 bits per heavy atom. The molecule has 3 nitrogen and oxygen atoms in total. The van der Waals surface area contributed by atoms with Gasteiger partial charge < -0.3 is 10.4 Å². The van der Waals surface area contributed by atoms with Crippen LogP contribution in [-0.4, -0.2) is 17.3 Å². The number of aliphatic hydroxyl groups is 1. The van der Waals surface area contributed by atoms with Crippen LogP contribution in [-0.2, 0) is 4.79 Å². The van der Waals surface area contributed by atoms with Gasteiger partial charge in [0, 0.05) is 15.6 Å². The van der Waals surface area contributed by atoms with Gasteiger partial charge in [0.2, 0.25) is 5.91 Å². The van der Waals surface area contributed by atoms with Gasteiger partial charge in [-0.25, -0.2) is 0 Å². The van der Waals surface area contributed by atoms with Crippen LogP contribution in [0.5, 0.6) is 0 Å². The van der Waals surface area contributed by atoms with Crippen LogP contribution in [0.3, 0.4) is 0 Å². The molecule has 1 amide bonds. The maximum absolute atomic E-state index is 11.9. The molecule has 110 valence electrons. The van der Waals surface area contributed by atoms with Gasteiger partial charge >= 0.3 is 0 Å². The number of hydrogen-bond acceptors (Lipinski definition) is 3. The van der Waals surface area contributed by atoms with E-state index in [0.717, 1.165) is 10.6 Å². The lowest BCUT2D eigenvalue weighted by molar-refractivity contribution is -0.118. The lowest BCUT2D eigenvalue weighted by atomic mass is 10.1. The van der Waals surface area contributed by atoms with Crippen molar-refractivity contribution in [2.24, 2.45) is 0 Å². The summed E-state index contributed by atoms with van der Waals surface area (Å²) in [6.07, 6.45) is 1.16. The van der Waals surface area contributed by atoms with Gasteiger partial charge in [-0.3, -0.25) is 4.79 Å². The highest BCUT2D eigenvalue weighted by molar-refractivity contribution is 7.98. The number of anilines is 1. The Bertz CT molecular complexity index is 599. The first-order chi connectivity index (χ1) is 10.1. The summed E-state index contributed by atoms with van der Waals surface area (Å²) >= 11 is 7.43. The van der Waals surface area contributed by atoms with Gasteiger partial charge in [0.1, 0.15) is 0 Å². The largest absolute Gasteiger partial charge is 0.388 e. The number of nitrogens with one attached hydrogen (secondary N) is 1. The van der Waals surface area contributed by atoms with Crippen molar-refractivity contribution in [3.8, 4) is 0 Å². The topological polar surface area (TPSA) is 49.3 Å². The first-order valence-electron chi connectivity index (χ1n) is 6.46. The molecule has 5 heteroatoms.